The van der Waals surface area contributed by atoms with E-state index in [1.54, 1.807) is 0 Å². The van der Waals surface area contributed by atoms with Crippen LogP contribution in [0.4, 0.5) is 0 Å². The minimum absolute atomic E-state index is 1.14. The van der Waals surface area contributed by atoms with Crippen LogP contribution >= 0.6 is 0 Å². The number of hydrogen-bond acceptors (Lipinski definition) is 0. The molecule has 0 amide bonds. The summed E-state index contributed by atoms with van der Waals surface area (Å²) in [4.78, 5) is 0. The van der Waals surface area contributed by atoms with Gasteiger partial charge in [0.05, 0.1) is 22.1 Å². The van der Waals surface area contributed by atoms with Crippen LogP contribution < -0.4 is 20.7 Å². The molecular weight excluding hydrogens is 777 g/mol. The molecular formula is C60H42N2Si. The van der Waals surface area contributed by atoms with Crippen molar-refractivity contribution in [3.05, 3.63) is 255 Å². The van der Waals surface area contributed by atoms with Gasteiger partial charge >= 0.3 is 0 Å². The van der Waals surface area contributed by atoms with E-state index in [0.29, 0.717) is 0 Å². The fraction of sp³-hybridized carbons (Fsp3) is 0. The molecule has 10 aromatic carbocycles. The monoisotopic (exact) mass is 818 g/mol. The lowest BCUT2D eigenvalue weighted by atomic mass is 10.0. The Kier molecular flexibility index (Phi) is 8.87. The molecule has 0 aliphatic heterocycles. The van der Waals surface area contributed by atoms with E-state index in [9.17, 15) is 0 Å². The lowest BCUT2D eigenvalue weighted by molar-refractivity contribution is 1.17. The lowest BCUT2D eigenvalue weighted by Gasteiger charge is -2.37. The number of hydrogen-bond donors (Lipinski definition) is 0. The van der Waals surface area contributed by atoms with E-state index in [1.165, 1.54) is 86.6 Å². The minimum Gasteiger partial charge on any atom is -0.309 e. The Labute approximate surface area is 368 Å². The van der Waals surface area contributed by atoms with Gasteiger partial charge in [0, 0.05) is 32.9 Å². The second kappa shape index (κ2) is 15.2. The molecule has 0 unspecified atom stereocenters. The van der Waals surface area contributed by atoms with Crippen molar-refractivity contribution in [1.82, 2.24) is 9.13 Å². The molecule has 0 aliphatic rings. The van der Waals surface area contributed by atoms with Crippen LogP contribution in [0.15, 0.2) is 255 Å². The Morgan fingerprint density at radius 2 is 0.698 bits per heavy atom. The second-order valence-corrected chi connectivity index (χ2v) is 20.1. The average molecular weight is 819 g/mol. The molecule has 12 rings (SSSR count). The van der Waals surface area contributed by atoms with E-state index in [1.807, 2.05) is 0 Å². The van der Waals surface area contributed by atoms with Crippen molar-refractivity contribution in [1.29, 1.82) is 0 Å². The zero-order chi connectivity index (χ0) is 41.7. The van der Waals surface area contributed by atoms with Gasteiger partial charge < -0.3 is 9.13 Å². The van der Waals surface area contributed by atoms with Crippen molar-refractivity contribution < 1.29 is 0 Å². The maximum Gasteiger partial charge on any atom is 0.182 e. The quantitative estimate of drug-likeness (QED) is 0.107. The maximum atomic E-state index is 2.59. The second-order valence-electron chi connectivity index (χ2n) is 16.4. The van der Waals surface area contributed by atoms with Gasteiger partial charge in [0.2, 0.25) is 0 Å². The maximum absolute atomic E-state index is 3.11. The highest BCUT2D eigenvalue weighted by Crippen LogP contribution is 2.39. The highest BCUT2D eigenvalue weighted by atomic mass is 28.3. The van der Waals surface area contributed by atoms with Crippen LogP contribution in [-0.4, -0.2) is 17.2 Å². The molecule has 0 saturated heterocycles. The predicted octanol–water partition coefficient (Wildman–Crippen LogP) is 12.6. The molecule has 0 bridgehead atoms. The van der Waals surface area contributed by atoms with Gasteiger partial charge in [0.15, 0.2) is 8.07 Å². The summed E-state index contributed by atoms with van der Waals surface area (Å²) in [6, 6.07) is 94.4. The van der Waals surface area contributed by atoms with E-state index in [-0.39, 0.29) is 0 Å². The van der Waals surface area contributed by atoms with Crippen molar-refractivity contribution in [3.8, 4) is 33.6 Å². The van der Waals surface area contributed by atoms with Gasteiger partial charge in [-0.3, -0.25) is 0 Å². The largest absolute Gasteiger partial charge is 0.309 e. The summed E-state index contributed by atoms with van der Waals surface area (Å²) in [6.07, 6.45) is 0. The predicted molar refractivity (Wildman–Crippen MR) is 270 cm³/mol. The van der Waals surface area contributed by atoms with Gasteiger partial charge in [0.25, 0.3) is 0 Å². The topological polar surface area (TPSA) is 9.86 Å². The number of rotatable bonds is 8. The molecule has 2 heterocycles. The highest BCUT2D eigenvalue weighted by Gasteiger charge is 2.45. The first-order valence-corrected chi connectivity index (χ1v) is 23.8. The number of benzene rings is 10. The zero-order valence-corrected chi connectivity index (χ0v) is 35.6. The van der Waals surface area contributed by atoms with Crippen LogP contribution in [0.1, 0.15) is 0 Å². The van der Waals surface area contributed by atoms with Crippen molar-refractivity contribution in [2.24, 2.45) is 0 Å². The van der Waals surface area contributed by atoms with E-state index in [4.69, 9.17) is 0 Å². The summed E-state index contributed by atoms with van der Waals surface area (Å²) >= 11 is 0. The Balaban J connectivity index is 1.21. The molecule has 12 aromatic rings. The van der Waals surface area contributed by atoms with Crippen LogP contribution in [0, 0.1) is 0 Å². The van der Waals surface area contributed by atoms with Gasteiger partial charge in [-0.25, -0.2) is 0 Å². The average Bonchev–Trinajstić information content (AvgIpc) is 3.88. The summed E-state index contributed by atoms with van der Waals surface area (Å²) in [5, 5.41) is 10.4. The molecule has 0 saturated carbocycles. The smallest absolute Gasteiger partial charge is 0.182 e. The first kappa shape index (κ1) is 36.8. The zero-order valence-electron chi connectivity index (χ0n) is 34.6. The Bertz CT molecular complexity index is 3480. The molecule has 0 N–H and O–H groups in total. The molecule has 3 heteroatoms. The first-order chi connectivity index (χ1) is 31.3. The molecule has 0 spiro atoms. The number of nitrogens with zero attached hydrogens (tertiary/aromatic N) is 2. The van der Waals surface area contributed by atoms with Gasteiger partial charge in [0.1, 0.15) is 0 Å². The van der Waals surface area contributed by atoms with Crippen LogP contribution in [-0.2, 0) is 0 Å². The molecule has 0 fully saturated rings. The number of para-hydroxylation sites is 2. The number of aromatic nitrogens is 2. The molecule has 296 valence electrons. The van der Waals surface area contributed by atoms with Crippen LogP contribution in [0.3, 0.4) is 0 Å². The van der Waals surface area contributed by atoms with E-state index < -0.39 is 8.07 Å². The van der Waals surface area contributed by atoms with Gasteiger partial charge in [-0.2, -0.15) is 0 Å². The Hall–Kier alpha value is -7.98. The summed E-state index contributed by atoms with van der Waals surface area (Å²) in [7, 11) is -3.11. The number of fused-ring (bicyclic) bond motifs is 6. The summed E-state index contributed by atoms with van der Waals surface area (Å²) in [5.74, 6) is 0. The van der Waals surface area contributed by atoms with E-state index in [2.05, 4.69) is 264 Å². The minimum atomic E-state index is -3.11. The summed E-state index contributed by atoms with van der Waals surface area (Å²) in [5.41, 5.74) is 12.0. The Morgan fingerprint density at radius 3 is 1.27 bits per heavy atom. The SMILES string of the molecule is c1ccc(-c2ccc(-n3c4ccccc4c4cc(-n5c6ccccc6c6ccc(-c7ccccc7)c([Si](c7ccccc7)(c7ccccc7)c7ccccc7)c65)ccc43)cc2)cc1. The van der Waals surface area contributed by atoms with Crippen LogP contribution in [0.2, 0.25) is 0 Å². The molecule has 63 heavy (non-hydrogen) atoms. The van der Waals surface area contributed by atoms with E-state index in [0.717, 1.165) is 11.4 Å². The van der Waals surface area contributed by atoms with Crippen molar-refractivity contribution in [3.63, 3.8) is 0 Å². The van der Waals surface area contributed by atoms with Crippen LogP contribution in [0.5, 0.6) is 0 Å². The highest BCUT2D eigenvalue weighted by molar-refractivity contribution is 7.21. The molecule has 0 atom stereocenters. The van der Waals surface area contributed by atoms with E-state index >= 15 is 0 Å². The lowest BCUT2D eigenvalue weighted by Crippen LogP contribution is -2.75. The normalized spacial score (nSPS) is 11.8. The molecule has 2 aromatic heterocycles. The van der Waals surface area contributed by atoms with Crippen molar-refractivity contribution in [2.75, 3.05) is 0 Å². The third kappa shape index (κ3) is 5.85. The van der Waals surface area contributed by atoms with Gasteiger partial charge in [-0.05, 0) is 85.5 Å². The van der Waals surface area contributed by atoms with Crippen LogP contribution in [0.25, 0.3) is 77.2 Å². The van der Waals surface area contributed by atoms with Crippen molar-refractivity contribution in [2.45, 2.75) is 0 Å². The first-order valence-electron chi connectivity index (χ1n) is 21.8. The fourth-order valence-electron chi connectivity index (χ4n) is 10.4. The molecule has 0 radical (unpaired) electrons. The van der Waals surface area contributed by atoms with Crippen molar-refractivity contribution >= 4 is 72.4 Å². The third-order valence-electron chi connectivity index (χ3n) is 13.1. The van der Waals surface area contributed by atoms with Gasteiger partial charge in [-0.1, -0.05) is 212 Å². The molecule has 0 aliphatic carbocycles. The Morgan fingerprint density at radius 1 is 0.270 bits per heavy atom. The standard InChI is InChI=1S/C60H42N2Si/c1-6-20-43(21-7-1)44-34-36-46(37-35-44)61-56-32-18-17-31-53(56)55-42-47(38-41-58(55)61)62-57-33-19-16-30-52(57)54-40-39-51(45-22-8-2-9-23-45)60(59(54)62)63(48-24-10-3-11-25-48,49-26-12-4-13-27-49)50-28-14-5-15-29-50/h1-42H. The summed E-state index contributed by atoms with van der Waals surface area (Å²) in [6.45, 7) is 0. The summed E-state index contributed by atoms with van der Waals surface area (Å²) < 4.78 is 5.01. The van der Waals surface area contributed by atoms with Gasteiger partial charge in [-0.15, -0.1) is 0 Å². The third-order valence-corrected chi connectivity index (χ3v) is 17.9. The molecule has 2 nitrogen and oxygen atoms in total. The fourth-order valence-corrected chi connectivity index (χ4v) is 15.5.